The summed E-state index contributed by atoms with van der Waals surface area (Å²) in [5.41, 5.74) is 1.12. The summed E-state index contributed by atoms with van der Waals surface area (Å²) in [4.78, 5) is 4.21. The SMILES string of the molecule is Brc1ccc(NCC2CC3C=CC2C3)cn1. The zero-order valence-corrected chi connectivity index (χ0v) is 10.7. The molecule has 16 heavy (non-hydrogen) atoms. The van der Waals surface area contributed by atoms with Crippen molar-refractivity contribution in [1.82, 2.24) is 4.98 Å². The predicted molar refractivity (Wildman–Crippen MR) is 69.3 cm³/mol. The van der Waals surface area contributed by atoms with E-state index in [1.807, 2.05) is 12.3 Å². The van der Waals surface area contributed by atoms with Crippen molar-refractivity contribution in [3.63, 3.8) is 0 Å². The van der Waals surface area contributed by atoms with E-state index >= 15 is 0 Å². The molecular formula is C13H15BrN2. The van der Waals surface area contributed by atoms with Crippen LogP contribution in [0.15, 0.2) is 35.1 Å². The number of hydrogen-bond acceptors (Lipinski definition) is 2. The van der Waals surface area contributed by atoms with Crippen LogP contribution >= 0.6 is 15.9 Å². The zero-order valence-electron chi connectivity index (χ0n) is 9.07. The number of halogens is 1. The van der Waals surface area contributed by atoms with Crippen molar-refractivity contribution in [2.24, 2.45) is 17.8 Å². The molecule has 0 amide bonds. The fraction of sp³-hybridized carbons (Fsp3) is 0.462. The Labute approximate surface area is 104 Å². The highest BCUT2D eigenvalue weighted by atomic mass is 79.9. The molecule has 1 heterocycles. The molecule has 2 bridgehead atoms. The summed E-state index contributed by atoms with van der Waals surface area (Å²) in [6, 6.07) is 4.04. The number of fused-ring (bicyclic) bond motifs is 2. The van der Waals surface area contributed by atoms with E-state index in [-0.39, 0.29) is 0 Å². The van der Waals surface area contributed by atoms with E-state index < -0.39 is 0 Å². The van der Waals surface area contributed by atoms with Crippen LogP contribution in [0.1, 0.15) is 12.8 Å². The lowest BCUT2D eigenvalue weighted by molar-refractivity contribution is 0.472. The van der Waals surface area contributed by atoms with Crippen LogP contribution in [0.3, 0.4) is 0 Å². The molecule has 0 aliphatic heterocycles. The molecule has 84 valence electrons. The summed E-state index contributed by atoms with van der Waals surface area (Å²) in [5.74, 6) is 2.50. The Bertz CT molecular complexity index is 399. The molecule has 2 nitrogen and oxygen atoms in total. The first-order valence-corrected chi connectivity index (χ1v) is 6.64. The topological polar surface area (TPSA) is 24.9 Å². The van der Waals surface area contributed by atoms with E-state index in [4.69, 9.17) is 0 Å². The third-order valence-corrected chi connectivity index (χ3v) is 4.18. The molecule has 1 N–H and O–H groups in total. The number of pyridine rings is 1. The molecule has 2 aliphatic rings. The van der Waals surface area contributed by atoms with Crippen LogP contribution < -0.4 is 5.32 Å². The fourth-order valence-corrected chi connectivity index (χ4v) is 3.09. The van der Waals surface area contributed by atoms with Crippen molar-refractivity contribution in [1.29, 1.82) is 0 Å². The lowest BCUT2D eigenvalue weighted by atomic mass is 9.93. The first kappa shape index (κ1) is 10.3. The third kappa shape index (κ3) is 2.01. The van der Waals surface area contributed by atoms with Crippen LogP contribution in [0.2, 0.25) is 0 Å². The van der Waals surface area contributed by atoms with Crippen molar-refractivity contribution in [2.45, 2.75) is 12.8 Å². The average molecular weight is 279 g/mol. The molecule has 3 rings (SSSR count). The van der Waals surface area contributed by atoms with Crippen LogP contribution in [0.4, 0.5) is 5.69 Å². The van der Waals surface area contributed by atoms with Gasteiger partial charge in [-0.3, -0.25) is 0 Å². The number of nitrogens with zero attached hydrogens (tertiary/aromatic N) is 1. The second-order valence-corrected chi connectivity index (χ2v) is 5.60. The summed E-state index contributed by atoms with van der Waals surface area (Å²) in [5, 5.41) is 3.48. The maximum Gasteiger partial charge on any atom is 0.106 e. The van der Waals surface area contributed by atoms with Crippen LogP contribution in [0.25, 0.3) is 0 Å². The molecular weight excluding hydrogens is 264 g/mol. The Morgan fingerprint density at radius 3 is 2.88 bits per heavy atom. The summed E-state index contributed by atoms with van der Waals surface area (Å²) < 4.78 is 0.890. The number of anilines is 1. The number of hydrogen-bond donors (Lipinski definition) is 1. The van der Waals surface area contributed by atoms with Gasteiger partial charge in [-0.05, 0) is 58.7 Å². The number of nitrogens with one attached hydrogen (secondary N) is 1. The van der Waals surface area contributed by atoms with E-state index in [1.54, 1.807) is 0 Å². The maximum atomic E-state index is 4.21. The smallest absolute Gasteiger partial charge is 0.106 e. The summed E-state index contributed by atoms with van der Waals surface area (Å²) in [7, 11) is 0. The van der Waals surface area contributed by atoms with Gasteiger partial charge in [0.25, 0.3) is 0 Å². The van der Waals surface area contributed by atoms with Gasteiger partial charge in [0.2, 0.25) is 0 Å². The Balaban J connectivity index is 1.57. The quantitative estimate of drug-likeness (QED) is 0.677. The molecule has 1 fully saturated rings. The molecule has 1 saturated carbocycles. The standard InChI is InChI=1S/C13H15BrN2/c14-13-4-3-12(8-16-13)15-7-11-6-9-1-2-10(11)5-9/h1-4,8-11,15H,5-7H2. The van der Waals surface area contributed by atoms with Gasteiger partial charge in [0.15, 0.2) is 0 Å². The van der Waals surface area contributed by atoms with E-state index in [0.717, 1.165) is 34.6 Å². The number of allylic oxidation sites excluding steroid dienone is 2. The Hall–Kier alpha value is -0.830. The van der Waals surface area contributed by atoms with Crippen molar-refractivity contribution < 1.29 is 0 Å². The van der Waals surface area contributed by atoms with Crippen molar-refractivity contribution in [2.75, 3.05) is 11.9 Å². The molecule has 3 unspecified atom stereocenters. The van der Waals surface area contributed by atoms with Crippen molar-refractivity contribution >= 4 is 21.6 Å². The van der Waals surface area contributed by atoms with Crippen LogP contribution in [0, 0.1) is 17.8 Å². The number of aromatic nitrogens is 1. The largest absolute Gasteiger partial charge is 0.383 e. The van der Waals surface area contributed by atoms with E-state index in [0.29, 0.717) is 0 Å². The maximum absolute atomic E-state index is 4.21. The van der Waals surface area contributed by atoms with Gasteiger partial charge in [0.05, 0.1) is 11.9 Å². The molecule has 3 atom stereocenters. The Kier molecular flexibility index (Phi) is 2.72. The molecule has 1 aromatic rings. The van der Waals surface area contributed by atoms with E-state index in [9.17, 15) is 0 Å². The van der Waals surface area contributed by atoms with Crippen molar-refractivity contribution in [3.05, 3.63) is 35.1 Å². The highest BCUT2D eigenvalue weighted by Gasteiger charge is 2.35. The van der Waals surface area contributed by atoms with Crippen molar-refractivity contribution in [3.8, 4) is 0 Å². The second-order valence-electron chi connectivity index (χ2n) is 4.79. The van der Waals surface area contributed by atoms with Crippen LogP contribution in [-0.4, -0.2) is 11.5 Å². The normalized spacial score (nSPS) is 30.9. The zero-order chi connectivity index (χ0) is 11.0. The molecule has 3 heteroatoms. The van der Waals surface area contributed by atoms with Gasteiger partial charge < -0.3 is 5.32 Å². The third-order valence-electron chi connectivity index (χ3n) is 3.71. The van der Waals surface area contributed by atoms with Gasteiger partial charge in [-0.15, -0.1) is 0 Å². The molecule has 0 radical (unpaired) electrons. The Morgan fingerprint density at radius 2 is 2.25 bits per heavy atom. The van der Waals surface area contributed by atoms with Gasteiger partial charge >= 0.3 is 0 Å². The predicted octanol–water partition coefficient (Wildman–Crippen LogP) is 3.47. The summed E-state index contributed by atoms with van der Waals surface area (Å²) in [6.45, 7) is 1.08. The van der Waals surface area contributed by atoms with Gasteiger partial charge in [0, 0.05) is 6.54 Å². The molecule has 1 aromatic heterocycles. The van der Waals surface area contributed by atoms with Crippen LogP contribution in [0.5, 0.6) is 0 Å². The Morgan fingerprint density at radius 1 is 1.31 bits per heavy atom. The molecule has 2 aliphatic carbocycles. The molecule has 0 saturated heterocycles. The lowest BCUT2D eigenvalue weighted by Crippen LogP contribution is -2.18. The van der Waals surface area contributed by atoms with Gasteiger partial charge in [-0.1, -0.05) is 12.2 Å². The molecule has 0 aromatic carbocycles. The number of rotatable bonds is 3. The minimum Gasteiger partial charge on any atom is -0.383 e. The first-order valence-electron chi connectivity index (χ1n) is 5.85. The average Bonchev–Trinajstić information content (AvgIpc) is 2.90. The fourth-order valence-electron chi connectivity index (χ4n) is 2.86. The van der Waals surface area contributed by atoms with Gasteiger partial charge in [-0.2, -0.15) is 0 Å². The van der Waals surface area contributed by atoms with Gasteiger partial charge in [0.1, 0.15) is 4.60 Å². The highest BCUT2D eigenvalue weighted by molar-refractivity contribution is 9.10. The summed E-state index contributed by atoms with van der Waals surface area (Å²) >= 11 is 3.34. The molecule has 0 spiro atoms. The monoisotopic (exact) mass is 278 g/mol. The van der Waals surface area contributed by atoms with Crippen LogP contribution in [-0.2, 0) is 0 Å². The summed E-state index contributed by atoms with van der Waals surface area (Å²) in [6.07, 6.45) is 9.42. The minimum atomic E-state index is 0.818. The minimum absolute atomic E-state index is 0.818. The highest BCUT2D eigenvalue weighted by Crippen LogP contribution is 2.43. The van der Waals surface area contributed by atoms with Gasteiger partial charge in [-0.25, -0.2) is 4.98 Å². The second kappa shape index (κ2) is 4.21. The van der Waals surface area contributed by atoms with E-state index in [1.165, 1.54) is 12.8 Å². The lowest BCUT2D eigenvalue weighted by Gasteiger charge is -2.19. The van der Waals surface area contributed by atoms with E-state index in [2.05, 4.69) is 44.4 Å². The first-order chi connectivity index (χ1) is 7.81.